The first-order valence-corrected chi connectivity index (χ1v) is 6.12. The highest BCUT2D eigenvalue weighted by Crippen LogP contribution is 2.19. The van der Waals surface area contributed by atoms with Crippen LogP contribution in [0, 0.1) is 0 Å². The van der Waals surface area contributed by atoms with Crippen LogP contribution >= 0.6 is 15.9 Å². The van der Waals surface area contributed by atoms with E-state index in [2.05, 4.69) is 22.5 Å². The molecule has 1 aromatic rings. The molecule has 0 aliphatic heterocycles. The van der Waals surface area contributed by atoms with E-state index in [1.165, 1.54) is 0 Å². The first kappa shape index (κ1) is 13.4. The number of rotatable bonds is 6. The molecule has 0 aliphatic carbocycles. The van der Waals surface area contributed by atoms with Gasteiger partial charge in [0.05, 0.1) is 13.2 Å². The Morgan fingerprint density at radius 3 is 2.81 bits per heavy atom. The van der Waals surface area contributed by atoms with Gasteiger partial charge in [-0.05, 0) is 30.5 Å². The van der Waals surface area contributed by atoms with E-state index in [4.69, 9.17) is 10.5 Å². The zero-order valence-corrected chi connectivity index (χ0v) is 11.2. The molecule has 0 fully saturated rings. The van der Waals surface area contributed by atoms with Gasteiger partial charge in [-0.1, -0.05) is 33.6 Å². The molecule has 16 heavy (non-hydrogen) atoms. The average Bonchev–Trinajstić information content (AvgIpc) is 2.25. The summed E-state index contributed by atoms with van der Waals surface area (Å²) in [6, 6.07) is 6.12. The lowest BCUT2D eigenvalue weighted by Gasteiger charge is -2.07. The molecular formula is C13H18BrNO. The highest BCUT2D eigenvalue weighted by Gasteiger charge is 2.01. The smallest absolute Gasteiger partial charge is 0.0727 e. The minimum atomic E-state index is 0.565. The van der Waals surface area contributed by atoms with Gasteiger partial charge in [0.25, 0.3) is 0 Å². The van der Waals surface area contributed by atoms with Gasteiger partial charge in [-0.3, -0.25) is 0 Å². The van der Waals surface area contributed by atoms with Gasteiger partial charge in [-0.25, -0.2) is 0 Å². The summed E-state index contributed by atoms with van der Waals surface area (Å²) in [6.07, 6.45) is 0.915. The highest BCUT2D eigenvalue weighted by atomic mass is 79.9. The third-order valence-electron chi connectivity index (χ3n) is 2.28. The lowest BCUT2D eigenvalue weighted by atomic mass is 10.1. The third kappa shape index (κ3) is 4.47. The van der Waals surface area contributed by atoms with Crippen molar-refractivity contribution in [3.05, 3.63) is 46.0 Å². The number of hydrogen-bond acceptors (Lipinski definition) is 2. The van der Waals surface area contributed by atoms with E-state index >= 15 is 0 Å². The van der Waals surface area contributed by atoms with Crippen molar-refractivity contribution >= 4 is 15.9 Å². The Kier molecular flexibility index (Phi) is 5.74. The van der Waals surface area contributed by atoms with Crippen LogP contribution in [-0.2, 0) is 17.9 Å². The summed E-state index contributed by atoms with van der Waals surface area (Å²) in [4.78, 5) is 0. The number of halogens is 1. The summed E-state index contributed by atoms with van der Waals surface area (Å²) in [7, 11) is 0. The highest BCUT2D eigenvalue weighted by molar-refractivity contribution is 9.10. The van der Waals surface area contributed by atoms with Crippen molar-refractivity contribution in [3.8, 4) is 0 Å². The van der Waals surface area contributed by atoms with Crippen LogP contribution in [0.15, 0.2) is 34.8 Å². The maximum Gasteiger partial charge on any atom is 0.0727 e. The predicted octanol–water partition coefficient (Wildman–Crippen LogP) is 3.39. The zero-order valence-electron chi connectivity index (χ0n) is 9.63. The van der Waals surface area contributed by atoms with E-state index in [-0.39, 0.29) is 0 Å². The SMILES string of the molecule is C=C(C)CCOCc1ccc(CN)cc1Br. The van der Waals surface area contributed by atoms with Crippen molar-refractivity contribution < 1.29 is 4.74 Å². The Labute approximate surface area is 106 Å². The van der Waals surface area contributed by atoms with Gasteiger partial charge in [0.2, 0.25) is 0 Å². The monoisotopic (exact) mass is 283 g/mol. The molecule has 2 nitrogen and oxygen atoms in total. The van der Waals surface area contributed by atoms with E-state index in [9.17, 15) is 0 Å². The van der Waals surface area contributed by atoms with Crippen LogP contribution in [0.5, 0.6) is 0 Å². The molecule has 2 N–H and O–H groups in total. The number of benzene rings is 1. The van der Waals surface area contributed by atoms with E-state index < -0.39 is 0 Å². The second-order valence-electron chi connectivity index (χ2n) is 3.89. The van der Waals surface area contributed by atoms with Gasteiger partial charge >= 0.3 is 0 Å². The maximum absolute atomic E-state index is 5.56. The number of nitrogens with two attached hydrogens (primary N) is 1. The van der Waals surface area contributed by atoms with Crippen LogP contribution < -0.4 is 5.73 Å². The summed E-state index contributed by atoms with van der Waals surface area (Å²) >= 11 is 3.52. The summed E-state index contributed by atoms with van der Waals surface area (Å²) in [5.74, 6) is 0. The van der Waals surface area contributed by atoms with Crippen LogP contribution in [0.4, 0.5) is 0 Å². The molecule has 0 saturated heterocycles. The molecule has 0 spiro atoms. The molecule has 0 unspecified atom stereocenters. The van der Waals surface area contributed by atoms with E-state index in [0.717, 1.165) is 34.2 Å². The second kappa shape index (κ2) is 6.84. The quantitative estimate of drug-likeness (QED) is 0.642. The molecule has 0 aliphatic rings. The van der Waals surface area contributed by atoms with Crippen LogP contribution in [0.1, 0.15) is 24.5 Å². The first-order valence-electron chi connectivity index (χ1n) is 5.33. The summed E-state index contributed by atoms with van der Waals surface area (Å²) < 4.78 is 6.62. The van der Waals surface area contributed by atoms with Crippen molar-refractivity contribution in [2.24, 2.45) is 5.73 Å². The maximum atomic E-state index is 5.56. The normalized spacial score (nSPS) is 10.4. The van der Waals surface area contributed by atoms with Crippen molar-refractivity contribution in [2.75, 3.05) is 6.61 Å². The van der Waals surface area contributed by atoms with Crippen molar-refractivity contribution in [2.45, 2.75) is 26.5 Å². The van der Waals surface area contributed by atoms with Gasteiger partial charge in [0.1, 0.15) is 0 Å². The molecular weight excluding hydrogens is 266 g/mol. The standard InChI is InChI=1S/C13H18BrNO/c1-10(2)5-6-16-9-12-4-3-11(8-15)7-13(12)14/h3-4,7H,1,5-6,8-9,15H2,2H3. The average molecular weight is 284 g/mol. The molecule has 0 heterocycles. The van der Waals surface area contributed by atoms with Crippen molar-refractivity contribution in [1.82, 2.24) is 0 Å². The largest absolute Gasteiger partial charge is 0.376 e. The fourth-order valence-electron chi connectivity index (χ4n) is 1.26. The molecule has 3 heteroatoms. The fourth-order valence-corrected chi connectivity index (χ4v) is 1.80. The van der Waals surface area contributed by atoms with Gasteiger partial charge in [-0.15, -0.1) is 6.58 Å². The number of ether oxygens (including phenoxy) is 1. The molecule has 88 valence electrons. The van der Waals surface area contributed by atoms with Crippen LogP contribution in [0.25, 0.3) is 0 Å². The van der Waals surface area contributed by atoms with Gasteiger partial charge in [0.15, 0.2) is 0 Å². The first-order chi connectivity index (χ1) is 7.63. The zero-order chi connectivity index (χ0) is 12.0. The Bertz CT molecular complexity index is 363. The second-order valence-corrected chi connectivity index (χ2v) is 4.74. The summed E-state index contributed by atoms with van der Waals surface area (Å²) in [5, 5.41) is 0. The Balaban J connectivity index is 2.45. The summed E-state index contributed by atoms with van der Waals surface area (Å²) in [6.45, 7) is 7.76. The third-order valence-corrected chi connectivity index (χ3v) is 3.02. The lowest BCUT2D eigenvalue weighted by molar-refractivity contribution is 0.123. The minimum Gasteiger partial charge on any atom is -0.376 e. The van der Waals surface area contributed by atoms with Crippen LogP contribution in [0.2, 0.25) is 0 Å². The van der Waals surface area contributed by atoms with Gasteiger partial charge < -0.3 is 10.5 Å². The fraction of sp³-hybridized carbons (Fsp3) is 0.385. The summed E-state index contributed by atoms with van der Waals surface area (Å²) in [5.41, 5.74) is 8.99. The number of hydrogen-bond donors (Lipinski definition) is 1. The Hall–Kier alpha value is -0.640. The minimum absolute atomic E-state index is 0.565. The molecule has 0 amide bonds. The Morgan fingerprint density at radius 2 is 2.25 bits per heavy atom. The van der Waals surface area contributed by atoms with E-state index in [0.29, 0.717) is 13.2 Å². The lowest BCUT2D eigenvalue weighted by Crippen LogP contribution is -1.99. The molecule has 0 saturated carbocycles. The van der Waals surface area contributed by atoms with Gasteiger partial charge in [-0.2, -0.15) is 0 Å². The molecule has 0 aromatic heterocycles. The molecule has 0 bridgehead atoms. The molecule has 0 radical (unpaired) electrons. The molecule has 0 atom stereocenters. The van der Waals surface area contributed by atoms with Crippen LogP contribution in [-0.4, -0.2) is 6.61 Å². The van der Waals surface area contributed by atoms with Crippen molar-refractivity contribution in [3.63, 3.8) is 0 Å². The Morgan fingerprint density at radius 1 is 1.50 bits per heavy atom. The van der Waals surface area contributed by atoms with E-state index in [1.807, 2.05) is 25.1 Å². The van der Waals surface area contributed by atoms with Crippen LogP contribution in [0.3, 0.4) is 0 Å². The molecule has 1 rings (SSSR count). The van der Waals surface area contributed by atoms with Gasteiger partial charge in [0, 0.05) is 11.0 Å². The van der Waals surface area contributed by atoms with E-state index in [1.54, 1.807) is 0 Å². The predicted molar refractivity (Wildman–Crippen MR) is 71.1 cm³/mol. The molecule has 1 aromatic carbocycles. The van der Waals surface area contributed by atoms with Crippen molar-refractivity contribution in [1.29, 1.82) is 0 Å². The topological polar surface area (TPSA) is 35.2 Å².